The number of likely N-dealkylation sites (tertiary alicyclic amines) is 2. The number of ether oxygens (including phenoxy) is 1. The van der Waals surface area contributed by atoms with Crippen molar-refractivity contribution in [2.75, 3.05) is 33.8 Å². The quantitative estimate of drug-likeness (QED) is 0.829. The number of benzene rings is 2. The van der Waals surface area contributed by atoms with Crippen LogP contribution >= 0.6 is 0 Å². The fraction of sp³-hybridized carbons (Fsp3) is 0.429. The van der Waals surface area contributed by atoms with Gasteiger partial charge in [-0.3, -0.25) is 9.80 Å². The molecule has 0 radical (unpaired) electrons. The summed E-state index contributed by atoms with van der Waals surface area (Å²) in [6.07, 6.45) is 0. The zero-order valence-electron chi connectivity index (χ0n) is 15.2. The Labute approximate surface area is 153 Å². The van der Waals surface area contributed by atoms with Gasteiger partial charge in [0.1, 0.15) is 5.75 Å². The number of methoxy groups -OCH3 is 1. The lowest BCUT2D eigenvalue weighted by atomic mass is 9.89. The fourth-order valence-electron chi connectivity index (χ4n) is 4.68. The molecule has 2 aliphatic rings. The van der Waals surface area contributed by atoms with Gasteiger partial charge in [-0.25, -0.2) is 8.78 Å². The monoisotopic (exact) mass is 358 g/mol. The molecule has 2 aromatic carbocycles. The molecular formula is C21H24F2N2O. The molecule has 0 amide bonds. The highest BCUT2D eigenvalue weighted by molar-refractivity contribution is 5.31. The Bertz CT molecular complexity index is 780. The number of hydrogen-bond acceptors (Lipinski definition) is 3. The van der Waals surface area contributed by atoms with Gasteiger partial charge in [-0.1, -0.05) is 18.2 Å². The molecule has 2 aliphatic heterocycles. The molecule has 0 aromatic heterocycles. The van der Waals surface area contributed by atoms with Crippen molar-refractivity contribution in [2.45, 2.75) is 12.6 Å². The number of nitrogens with zero attached hydrogens (tertiary/aromatic N) is 2. The van der Waals surface area contributed by atoms with Gasteiger partial charge < -0.3 is 4.74 Å². The molecule has 4 rings (SSSR count). The molecule has 2 saturated heterocycles. The van der Waals surface area contributed by atoms with Crippen LogP contribution in [0.5, 0.6) is 5.75 Å². The lowest BCUT2D eigenvalue weighted by molar-refractivity contribution is 0.224. The Balaban J connectivity index is 1.48. The van der Waals surface area contributed by atoms with E-state index >= 15 is 0 Å². The molecule has 0 N–H and O–H groups in total. The van der Waals surface area contributed by atoms with Crippen LogP contribution in [-0.2, 0) is 6.54 Å². The number of rotatable bonds is 4. The van der Waals surface area contributed by atoms with E-state index < -0.39 is 11.6 Å². The standard InChI is InChI=1S/C21H24F2N2O/c1-24-11-16-12-25(10-14-3-8-19(22)20(23)9-14)13-18(16)21(24)15-4-6-17(26-2)7-5-15/h3-9,16,18,21H,10-13H2,1-2H3/t16-,18+,21+/m0/s1. The molecule has 0 unspecified atom stereocenters. The molecule has 0 saturated carbocycles. The Hall–Kier alpha value is -1.98. The van der Waals surface area contributed by atoms with Crippen LogP contribution in [-0.4, -0.2) is 43.6 Å². The number of halogens is 2. The molecule has 3 atom stereocenters. The molecule has 5 heteroatoms. The summed E-state index contributed by atoms with van der Waals surface area (Å²) in [6, 6.07) is 12.9. The van der Waals surface area contributed by atoms with Crippen LogP contribution < -0.4 is 4.74 Å². The van der Waals surface area contributed by atoms with Crippen LogP contribution in [0.2, 0.25) is 0 Å². The maximum atomic E-state index is 13.5. The average molecular weight is 358 g/mol. The van der Waals surface area contributed by atoms with Gasteiger partial charge in [-0.2, -0.15) is 0 Å². The van der Waals surface area contributed by atoms with Crippen molar-refractivity contribution in [1.82, 2.24) is 9.80 Å². The lowest BCUT2D eigenvalue weighted by Gasteiger charge is -2.27. The number of fused-ring (bicyclic) bond motifs is 1. The zero-order valence-corrected chi connectivity index (χ0v) is 15.2. The zero-order chi connectivity index (χ0) is 18.3. The van der Waals surface area contributed by atoms with Crippen LogP contribution in [0.4, 0.5) is 8.78 Å². The summed E-state index contributed by atoms with van der Waals surface area (Å²) in [5, 5.41) is 0. The van der Waals surface area contributed by atoms with E-state index in [1.165, 1.54) is 17.7 Å². The van der Waals surface area contributed by atoms with Gasteiger partial charge in [0.2, 0.25) is 0 Å². The Kier molecular flexibility index (Phi) is 4.67. The van der Waals surface area contributed by atoms with Crippen LogP contribution in [0.15, 0.2) is 42.5 Å². The van der Waals surface area contributed by atoms with Gasteiger partial charge in [0.15, 0.2) is 11.6 Å². The Morgan fingerprint density at radius 2 is 1.77 bits per heavy atom. The van der Waals surface area contributed by atoms with Gasteiger partial charge in [0.25, 0.3) is 0 Å². The smallest absolute Gasteiger partial charge is 0.159 e. The second-order valence-electron chi connectivity index (χ2n) is 7.52. The summed E-state index contributed by atoms with van der Waals surface area (Å²) in [5.74, 6) is 0.486. The van der Waals surface area contributed by atoms with E-state index in [2.05, 4.69) is 29.0 Å². The van der Waals surface area contributed by atoms with Crippen molar-refractivity contribution in [3.05, 3.63) is 65.2 Å². The molecule has 0 spiro atoms. The molecule has 2 fully saturated rings. The summed E-state index contributed by atoms with van der Waals surface area (Å²) >= 11 is 0. The highest BCUT2D eigenvalue weighted by Crippen LogP contribution is 2.44. The summed E-state index contributed by atoms with van der Waals surface area (Å²) < 4.78 is 31.9. The first-order chi connectivity index (χ1) is 12.5. The van der Waals surface area contributed by atoms with Crippen molar-refractivity contribution in [2.24, 2.45) is 11.8 Å². The first kappa shape index (κ1) is 17.4. The molecule has 0 bridgehead atoms. The Morgan fingerprint density at radius 3 is 2.46 bits per heavy atom. The van der Waals surface area contributed by atoms with E-state index in [-0.39, 0.29) is 0 Å². The molecular weight excluding hydrogens is 334 g/mol. The molecule has 3 nitrogen and oxygen atoms in total. The van der Waals surface area contributed by atoms with Gasteiger partial charge in [0, 0.05) is 32.2 Å². The van der Waals surface area contributed by atoms with Crippen LogP contribution in [0.3, 0.4) is 0 Å². The van der Waals surface area contributed by atoms with Crippen LogP contribution in [0.25, 0.3) is 0 Å². The van der Waals surface area contributed by atoms with Crippen molar-refractivity contribution in [1.29, 1.82) is 0 Å². The van der Waals surface area contributed by atoms with Crippen LogP contribution in [0.1, 0.15) is 17.2 Å². The molecule has 0 aliphatic carbocycles. The fourth-order valence-corrected chi connectivity index (χ4v) is 4.68. The van der Waals surface area contributed by atoms with E-state index in [1.807, 2.05) is 12.1 Å². The third-order valence-corrected chi connectivity index (χ3v) is 5.82. The lowest BCUT2D eigenvalue weighted by Crippen LogP contribution is -2.28. The highest BCUT2D eigenvalue weighted by atomic mass is 19.2. The van der Waals surface area contributed by atoms with Crippen LogP contribution in [0, 0.1) is 23.5 Å². The molecule has 138 valence electrons. The maximum Gasteiger partial charge on any atom is 0.159 e. The van der Waals surface area contributed by atoms with E-state index in [9.17, 15) is 8.78 Å². The summed E-state index contributed by atoms with van der Waals surface area (Å²) in [7, 11) is 3.87. The SMILES string of the molecule is COc1ccc([C@@H]2[C@@H]3CN(Cc4ccc(F)c(F)c4)C[C@@H]3CN2C)cc1. The predicted octanol–water partition coefficient (Wildman–Crippen LogP) is 3.71. The highest BCUT2D eigenvalue weighted by Gasteiger charge is 2.45. The number of hydrogen-bond donors (Lipinski definition) is 0. The minimum absolute atomic E-state index is 0.390. The second kappa shape index (κ2) is 6.97. The third kappa shape index (κ3) is 3.21. The first-order valence-corrected chi connectivity index (χ1v) is 9.05. The average Bonchev–Trinajstić information content (AvgIpc) is 3.14. The van der Waals surface area contributed by atoms with Gasteiger partial charge in [-0.05, 0) is 54.3 Å². The molecule has 2 aromatic rings. The Morgan fingerprint density at radius 1 is 1.00 bits per heavy atom. The van der Waals surface area contributed by atoms with E-state index in [0.29, 0.717) is 24.4 Å². The topological polar surface area (TPSA) is 15.7 Å². The summed E-state index contributed by atoms with van der Waals surface area (Å²) in [5.41, 5.74) is 2.15. The molecule has 26 heavy (non-hydrogen) atoms. The normalized spacial score (nSPS) is 26.2. The summed E-state index contributed by atoms with van der Waals surface area (Å²) in [4.78, 5) is 4.80. The van der Waals surface area contributed by atoms with Crippen molar-refractivity contribution < 1.29 is 13.5 Å². The van der Waals surface area contributed by atoms with Crippen molar-refractivity contribution in [3.8, 4) is 5.75 Å². The first-order valence-electron chi connectivity index (χ1n) is 9.05. The van der Waals surface area contributed by atoms with Gasteiger partial charge in [0.05, 0.1) is 7.11 Å². The van der Waals surface area contributed by atoms with E-state index in [0.717, 1.165) is 30.9 Å². The largest absolute Gasteiger partial charge is 0.497 e. The van der Waals surface area contributed by atoms with Crippen molar-refractivity contribution >= 4 is 0 Å². The second-order valence-corrected chi connectivity index (χ2v) is 7.52. The molecule has 2 heterocycles. The van der Waals surface area contributed by atoms with E-state index in [4.69, 9.17) is 4.74 Å². The third-order valence-electron chi connectivity index (χ3n) is 5.82. The minimum atomic E-state index is -0.784. The maximum absolute atomic E-state index is 13.5. The summed E-state index contributed by atoms with van der Waals surface area (Å²) in [6.45, 7) is 3.71. The van der Waals surface area contributed by atoms with Gasteiger partial charge in [-0.15, -0.1) is 0 Å². The van der Waals surface area contributed by atoms with Crippen molar-refractivity contribution in [3.63, 3.8) is 0 Å². The predicted molar refractivity (Wildman–Crippen MR) is 97.0 cm³/mol. The minimum Gasteiger partial charge on any atom is -0.497 e. The van der Waals surface area contributed by atoms with Gasteiger partial charge >= 0.3 is 0 Å². The van der Waals surface area contributed by atoms with E-state index in [1.54, 1.807) is 13.2 Å².